The molecule has 0 radical (unpaired) electrons. The van der Waals surface area contributed by atoms with Crippen LogP contribution in [0.25, 0.3) is 0 Å². The first-order chi connectivity index (χ1) is 12.6. The van der Waals surface area contributed by atoms with Gasteiger partial charge in [-0.25, -0.2) is 0 Å². The molecule has 2 aromatic rings. The molecule has 1 N–H and O–H groups in total. The van der Waals surface area contributed by atoms with Crippen LogP contribution >= 0.6 is 0 Å². The third kappa shape index (κ3) is 4.30. The van der Waals surface area contributed by atoms with Crippen LogP contribution in [-0.2, 0) is 16.7 Å². The van der Waals surface area contributed by atoms with Gasteiger partial charge in [0.2, 0.25) is 0 Å². The van der Waals surface area contributed by atoms with E-state index in [0.29, 0.717) is 12.0 Å². The Labute approximate surface area is 156 Å². The van der Waals surface area contributed by atoms with Gasteiger partial charge in [0.1, 0.15) is 11.5 Å². The minimum Gasteiger partial charge on any atom is -0.496 e. The van der Waals surface area contributed by atoms with Gasteiger partial charge in [-0.1, -0.05) is 32.0 Å². The Morgan fingerprint density at radius 1 is 1.23 bits per heavy atom. The van der Waals surface area contributed by atoms with Gasteiger partial charge in [-0.3, -0.25) is 0 Å². The zero-order chi connectivity index (χ0) is 18.4. The van der Waals surface area contributed by atoms with Crippen molar-refractivity contribution >= 4 is 0 Å². The summed E-state index contributed by atoms with van der Waals surface area (Å²) in [6.45, 7) is 7.00. The minimum absolute atomic E-state index is 0.0793. The topological polar surface area (TPSA) is 43.6 Å². The van der Waals surface area contributed by atoms with Gasteiger partial charge in [0, 0.05) is 17.6 Å². The predicted octanol–water partition coefficient (Wildman–Crippen LogP) is 4.54. The van der Waals surface area contributed by atoms with Crippen LogP contribution in [0.1, 0.15) is 44.4 Å². The largest absolute Gasteiger partial charge is 0.496 e. The number of methoxy groups -OCH3 is 1. The van der Waals surface area contributed by atoms with E-state index in [9.17, 15) is 0 Å². The summed E-state index contributed by atoms with van der Waals surface area (Å²) in [5, 5.41) is 3.54. The third-order valence-corrected chi connectivity index (χ3v) is 5.59. The van der Waals surface area contributed by atoms with Crippen molar-refractivity contribution in [2.75, 3.05) is 20.3 Å². The molecule has 1 aliphatic heterocycles. The van der Waals surface area contributed by atoms with Gasteiger partial charge in [-0.2, -0.15) is 0 Å². The number of nitrogens with one attached hydrogen (secondary N) is 1. The highest BCUT2D eigenvalue weighted by Gasteiger charge is 2.40. The summed E-state index contributed by atoms with van der Waals surface area (Å²) in [4.78, 5) is 0. The number of hydrogen-bond donors (Lipinski definition) is 1. The highest BCUT2D eigenvalue weighted by molar-refractivity contribution is 5.40. The van der Waals surface area contributed by atoms with Crippen LogP contribution in [0.15, 0.2) is 47.1 Å². The maximum atomic E-state index is 6.08. The van der Waals surface area contributed by atoms with Gasteiger partial charge in [-0.05, 0) is 49.9 Å². The summed E-state index contributed by atoms with van der Waals surface area (Å²) in [5.74, 6) is 2.48. The molecule has 2 heterocycles. The molecule has 3 rings (SSSR count). The van der Waals surface area contributed by atoms with E-state index in [1.165, 1.54) is 5.56 Å². The molecule has 4 nitrogen and oxygen atoms in total. The molecule has 2 atom stereocenters. The summed E-state index contributed by atoms with van der Waals surface area (Å²) in [7, 11) is 1.76. The molecule has 0 amide bonds. The van der Waals surface area contributed by atoms with Crippen LogP contribution in [0.5, 0.6) is 5.75 Å². The first kappa shape index (κ1) is 19.0. The van der Waals surface area contributed by atoms with Gasteiger partial charge < -0.3 is 19.2 Å². The zero-order valence-electron chi connectivity index (χ0n) is 16.2. The first-order valence-electron chi connectivity index (χ1n) is 9.63. The van der Waals surface area contributed by atoms with Crippen molar-refractivity contribution < 1.29 is 13.9 Å². The second kappa shape index (κ2) is 8.74. The van der Waals surface area contributed by atoms with E-state index >= 15 is 0 Å². The number of benzene rings is 1. The fraction of sp³-hybridized carbons (Fsp3) is 0.545. The first-order valence-corrected chi connectivity index (χ1v) is 9.63. The Morgan fingerprint density at radius 2 is 2.08 bits per heavy atom. The van der Waals surface area contributed by atoms with Crippen LogP contribution in [-0.4, -0.2) is 26.4 Å². The van der Waals surface area contributed by atoms with Crippen molar-refractivity contribution in [3.63, 3.8) is 0 Å². The number of furan rings is 1. The predicted molar refractivity (Wildman–Crippen MR) is 104 cm³/mol. The van der Waals surface area contributed by atoms with Gasteiger partial charge in [0.25, 0.3) is 0 Å². The fourth-order valence-corrected chi connectivity index (χ4v) is 4.02. The highest BCUT2D eigenvalue weighted by atomic mass is 16.5. The van der Waals surface area contributed by atoms with E-state index in [4.69, 9.17) is 13.9 Å². The van der Waals surface area contributed by atoms with Crippen LogP contribution in [0.3, 0.4) is 0 Å². The average molecular weight is 357 g/mol. The molecule has 0 saturated carbocycles. The molecular weight excluding hydrogens is 326 g/mol. The molecule has 1 aromatic heterocycles. The molecular formula is C22H31NO3. The van der Waals surface area contributed by atoms with E-state index in [1.54, 1.807) is 13.4 Å². The summed E-state index contributed by atoms with van der Waals surface area (Å²) >= 11 is 0. The van der Waals surface area contributed by atoms with Gasteiger partial charge in [0.15, 0.2) is 0 Å². The maximum absolute atomic E-state index is 6.08. The summed E-state index contributed by atoms with van der Waals surface area (Å²) < 4.78 is 17.2. The average Bonchev–Trinajstić information content (AvgIpc) is 3.19. The van der Waals surface area contributed by atoms with Crippen molar-refractivity contribution in [3.05, 3.63) is 54.0 Å². The molecule has 1 fully saturated rings. The minimum atomic E-state index is 0.0793. The number of rotatable bonds is 8. The summed E-state index contributed by atoms with van der Waals surface area (Å²) in [6.07, 6.45) is 5.13. The molecule has 0 unspecified atom stereocenters. The van der Waals surface area contributed by atoms with Crippen molar-refractivity contribution in [2.24, 2.45) is 5.92 Å². The fourth-order valence-electron chi connectivity index (χ4n) is 4.02. The van der Waals surface area contributed by atoms with Crippen LogP contribution < -0.4 is 10.1 Å². The smallest absolute Gasteiger partial charge is 0.122 e. The monoisotopic (exact) mass is 357 g/mol. The second-order valence-corrected chi connectivity index (χ2v) is 7.59. The molecule has 1 aromatic carbocycles. The third-order valence-electron chi connectivity index (χ3n) is 5.59. The number of para-hydroxylation sites is 1. The molecule has 0 aliphatic carbocycles. The molecule has 4 heteroatoms. The van der Waals surface area contributed by atoms with Crippen LogP contribution in [0.2, 0.25) is 0 Å². The van der Waals surface area contributed by atoms with E-state index < -0.39 is 0 Å². The molecule has 142 valence electrons. The zero-order valence-corrected chi connectivity index (χ0v) is 16.2. The SMILES string of the molecule is COc1ccccc1[C@]1(CCNCc2ccco2)CCO[C@H](C(C)C)C1. The van der Waals surface area contributed by atoms with E-state index in [2.05, 4.69) is 37.4 Å². The quantitative estimate of drug-likeness (QED) is 0.705. The lowest BCUT2D eigenvalue weighted by molar-refractivity contribution is -0.0473. The van der Waals surface area contributed by atoms with Crippen LogP contribution in [0.4, 0.5) is 0 Å². The normalized spacial score (nSPS) is 23.3. The van der Waals surface area contributed by atoms with E-state index in [-0.39, 0.29) is 5.41 Å². The Bertz CT molecular complexity index is 668. The molecule has 1 saturated heterocycles. The van der Waals surface area contributed by atoms with Gasteiger partial charge >= 0.3 is 0 Å². The molecule has 0 spiro atoms. The Morgan fingerprint density at radius 3 is 2.81 bits per heavy atom. The Balaban J connectivity index is 1.77. The van der Waals surface area contributed by atoms with E-state index in [0.717, 1.165) is 50.5 Å². The lowest BCUT2D eigenvalue weighted by Gasteiger charge is -2.43. The Kier molecular flexibility index (Phi) is 6.38. The van der Waals surface area contributed by atoms with Crippen LogP contribution in [0, 0.1) is 5.92 Å². The number of ether oxygens (including phenoxy) is 2. The van der Waals surface area contributed by atoms with Crippen molar-refractivity contribution in [1.29, 1.82) is 0 Å². The highest BCUT2D eigenvalue weighted by Crippen LogP contribution is 2.45. The molecule has 0 bridgehead atoms. The summed E-state index contributed by atoms with van der Waals surface area (Å²) in [6, 6.07) is 12.4. The number of hydrogen-bond acceptors (Lipinski definition) is 4. The van der Waals surface area contributed by atoms with E-state index in [1.807, 2.05) is 18.2 Å². The summed E-state index contributed by atoms with van der Waals surface area (Å²) in [5.41, 5.74) is 1.40. The molecule has 26 heavy (non-hydrogen) atoms. The Hall–Kier alpha value is -1.78. The maximum Gasteiger partial charge on any atom is 0.122 e. The molecule has 1 aliphatic rings. The second-order valence-electron chi connectivity index (χ2n) is 7.59. The lowest BCUT2D eigenvalue weighted by atomic mass is 9.68. The van der Waals surface area contributed by atoms with Crippen molar-refractivity contribution in [2.45, 2.75) is 51.2 Å². The lowest BCUT2D eigenvalue weighted by Crippen LogP contribution is -2.42. The standard InChI is InChI=1S/C22H31NO3/c1-17(2)21-15-22(11-14-26-21,19-8-4-5-9-20(19)24-3)10-12-23-16-18-7-6-13-25-18/h4-9,13,17,21,23H,10-12,14-16H2,1-3H3/t21-,22+/m0/s1. The van der Waals surface area contributed by atoms with Crippen molar-refractivity contribution in [1.82, 2.24) is 5.32 Å². The van der Waals surface area contributed by atoms with Crippen molar-refractivity contribution in [3.8, 4) is 5.75 Å². The van der Waals surface area contributed by atoms with Gasteiger partial charge in [0.05, 0.1) is 26.0 Å². The van der Waals surface area contributed by atoms with Gasteiger partial charge in [-0.15, -0.1) is 0 Å².